The quantitative estimate of drug-likeness (QED) is 0.426. The lowest BCUT2D eigenvalue weighted by Gasteiger charge is -2.13. The summed E-state index contributed by atoms with van der Waals surface area (Å²) in [6.07, 6.45) is -3.90. The average molecular weight is 284 g/mol. The van der Waals surface area contributed by atoms with Gasteiger partial charge in [-0.25, -0.2) is 9.78 Å². The second kappa shape index (κ2) is 4.90. The maximum Gasteiger partial charge on any atom is 0.329 e. The van der Waals surface area contributed by atoms with Gasteiger partial charge in [0.05, 0.1) is 12.5 Å². The Labute approximate surface area is 110 Å². The van der Waals surface area contributed by atoms with E-state index >= 15 is 0 Å². The molecule has 0 bridgehead atoms. The zero-order chi connectivity index (χ0) is 15.0. The number of fused-ring (bicyclic) bond motifs is 1. The number of aryl methyl sites for hydroxylation is 1. The molecule has 10 nitrogen and oxygen atoms in total. The third-order valence-corrected chi connectivity index (χ3v) is 2.80. The maximum absolute atomic E-state index is 11.6. The van der Waals surface area contributed by atoms with E-state index in [0.717, 1.165) is 4.57 Å². The molecule has 2 heterocycles. The van der Waals surface area contributed by atoms with Gasteiger partial charge in [0.1, 0.15) is 17.4 Å². The number of aliphatic carboxylic acids is 1. The molecule has 5 N–H and O–H groups in total. The second-order valence-electron chi connectivity index (χ2n) is 4.25. The number of aromatic amines is 2. The van der Waals surface area contributed by atoms with Crippen LogP contribution in [0.4, 0.5) is 0 Å². The van der Waals surface area contributed by atoms with E-state index in [1.165, 1.54) is 7.05 Å². The van der Waals surface area contributed by atoms with E-state index in [0.29, 0.717) is 0 Å². The van der Waals surface area contributed by atoms with Crippen LogP contribution in [0.3, 0.4) is 0 Å². The number of aliphatic hydroxyl groups excluding tert-OH is 2. The van der Waals surface area contributed by atoms with Gasteiger partial charge in [0.25, 0.3) is 5.56 Å². The van der Waals surface area contributed by atoms with Crippen LogP contribution in [0.25, 0.3) is 11.2 Å². The molecule has 2 aromatic heterocycles. The van der Waals surface area contributed by atoms with E-state index in [9.17, 15) is 24.6 Å². The first-order chi connectivity index (χ1) is 9.31. The third kappa shape index (κ3) is 2.33. The highest BCUT2D eigenvalue weighted by atomic mass is 16.4. The van der Waals surface area contributed by atoms with Crippen LogP contribution in [-0.4, -0.2) is 46.9 Å². The van der Waals surface area contributed by atoms with Crippen molar-refractivity contribution in [3.63, 3.8) is 0 Å². The average Bonchev–Trinajstić information content (AvgIpc) is 2.79. The van der Waals surface area contributed by atoms with Gasteiger partial charge < -0.3 is 20.3 Å². The predicted octanol–water partition coefficient (Wildman–Crippen LogP) is -2.18. The summed E-state index contributed by atoms with van der Waals surface area (Å²) in [5.41, 5.74) is -1.46. The Balaban J connectivity index is 2.49. The number of carbonyl (C=O) groups is 1. The van der Waals surface area contributed by atoms with Crippen LogP contribution >= 0.6 is 0 Å². The van der Waals surface area contributed by atoms with Gasteiger partial charge in [-0.1, -0.05) is 0 Å². The number of carboxylic acid groups (broad SMARTS) is 1. The monoisotopic (exact) mass is 284 g/mol. The topological polar surface area (TPSA) is 161 Å². The van der Waals surface area contributed by atoms with Gasteiger partial charge in [0.15, 0.2) is 5.65 Å². The van der Waals surface area contributed by atoms with E-state index in [1.807, 2.05) is 4.98 Å². The summed E-state index contributed by atoms with van der Waals surface area (Å²) in [6, 6.07) is 0. The molecule has 2 rings (SSSR count). The van der Waals surface area contributed by atoms with Crippen molar-refractivity contribution in [2.45, 2.75) is 18.6 Å². The van der Waals surface area contributed by atoms with Crippen LogP contribution in [-0.2, 0) is 11.8 Å². The molecule has 0 amide bonds. The number of imidazole rings is 1. The van der Waals surface area contributed by atoms with Gasteiger partial charge in [-0.15, -0.1) is 0 Å². The van der Waals surface area contributed by atoms with E-state index in [-0.39, 0.29) is 17.0 Å². The lowest BCUT2D eigenvalue weighted by molar-refractivity contribution is -0.141. The molecule has 10 heteroatoms. The Morgan fingerprint density at radius 2 is 2.00 bits per heavy atom. The lowest BCUT2D eigenvalue weighted by atomic mass is 10.1. The fraction of sp³-hybridized carbons (Fsp3) is 0.400. The van der Waals surface area contributed by atoms with Crippen molar-refractivity contribution < 1.29 is 20.1 Å². The number of carboxylic acids is 1. The predicted molar refractivity (Wildman–Crippen MR) is 65.2 cm³/mol. The number of hydrogen-bond donors (Lipinski definition) is 5. The molecule has 0 fully saturated rings. The zero-order valence-corrected chi connectivity index (χ0v) is 10.3. The number of aliphatic hydroxyl groups is 2. The van der Waals surface area contributed by atoms with Gasteiger partial charge in [-0.05, 0) is 0 Å². The fourth-order valence-electron chi connectivity index (χ4n) is 1.74. The highest BCUT2D eigenvalue weighted by molar-refractivity contribution is 5.70. The van der Waals surface area contributed by atoms with Crippen LogP contribution in [0.1, 0.15) is 18.3 Å². The van der Waals surface area contributed by atoms with Gasteiger partial charge in [-0.3, -0.25) is 19.1 Å². The highest BCUT2D eigenvalue weighted by Crippen LogP contribution is 2.17. The molecular weight excluding hydrogens is 272 g/mol. The smallest absolute Gasteiger partial charge is 0.329 e. The minimum Gasteiger partial charge on any atom is -0.481 e. The van der Waals surface area contributed by atoms with Crippen LogP contribution in [0, 0.1) is 0 Å². The number of aromatic nitrogens is 4. The van der Waals surface area contributed by atoms with E-state index in [2.05, 4.69) is 9.97 Å². The number of nitrogens with one attached hydrogen (secondary N) is 2. The van der Waals surface area contributed by atoms with Gasteiger partial charge in [0, 0.05) is 7.05 Å². The van der Waals surface area contributed by atoms with Crippen molar-refractivity contribution in [3.8, 4) is 0 Å². The molecule has 2 atom stereocenters. The number of rotatable bonds is 4. The standard InChI is InChI=1S/C10H12N4O6/c1-14-8-5(9(19)13-10(14)20)11-7(12-8)6(18)3(15)2-4(16)17/h3,6,15,18H,2H2,1H3,(H,11,12)(H,16,17)(H,13,19,20). The molecular formula is C10H12N4O6. The van der Waals surface area contributed by atoms with Crippen LogP contribution < -0.4 is 11.2 Å². The molecule has 0 saturated carbocycles. The molecule has 0 spiro atoms. The Hall–Kier alpha value is -2.46. The van der Waals surface area contributed by atoms with E-state index < -0.39 is 35.8 Å². The molecule has 0 aliphatic heterocycles. The number of H-pyrrole nitrogens is 2. The van der Waals surface area contributed by atoms with Crippen molar-refractivity contribution in [1.82, 2.24) is 19.5 Å². The molecule has 0 saturated heterocycles. The third-order valence-electron chi connectivity index (χ3n) is 2.80. The minimum atomic E-state index is -1.62. The van der Waals surface area contributed by atoms with Crippen LogP contribution in [0.2, 0.25) is 0 Å². The molecule has 2 unspecified atom stereocenters. The summed E-state index contributed by atoms with van der Waals surface area (Å²) < 4.78 is 1.05. The minimum absolute atomic E-state index is 0.00433. The van der Waals surface area contributed by atoms with Crippen molar-refractivity contribution in [1.29, 1.82) is 0 Å². The Bertz CT molecular complexity index is 772. The summed E-state index contributed by atoms with van der Waals surface area (Å²) in [5.74, 6) is -1.49. The molecule has 108 valence electrons. The fourth-order valence-corrected chi connectivity index (χ4v) is 1.74. The normalized spacial score (nSPS) is 14.3. The summed E-state index contributed by atoms with van der Waals surface area (Å²) in [7, 11) is 1.37. The van der Waals surface area contributed by atoms with Crippen LogP contribution in [0.15, 0.2) is 9.59 Å². The summed E-state index contributed by atoms with van der Waals surface area (Å²) in [6.45, 7) is 0. The van der Waals surface area contributed by atoms with E-state index in [1.54, 1.807) is 0 Å². The first-order valence-corrected chi connectivity index (χ1v) is 5.58. The van der Waals surface area contributed by atoms with Crippen molar-refractivity contribution in [2.75, 3.05) is 0 Å². The molecule has 0 aliphatic carbocycles. The van der Waals surface area contributed by atoms with Gasteiger partial charge in [0.2, 0.25) is 0 Å². The van der Waals surface area contributed by atoms with E-state index in [4.69, 9.17) is 5.11 Å². The van der Waals surface area contributed by atoms with Crippen molar-refractivity contribution >= 4 is 17.1 Å². The first-order valence-electron chi connectivity index (χ1n) is 5.58. The van der Waals surface area contributed by atoms with Gasteiger partial charge in [-0.2, -0.15) is 0 Å². The summed E-state index contributed by atoms with van der Waals surface area (Å²) >= 11 is 0. The van der Waals surface area contributed by atoms with Crippen LogP contribution in [0.5, 0.6) is 0 Å². The number of hydrogen-bond acceptors (Lipinski definition) is 6. The Morgan fingerprint density at radius 3 is 2.60 bits per heavy atom. The Morgan fingerprint density at radius 1 is 1.35 bits per heavy atom. The zero-order valence-electron chi connectivity index (χ0n) is 10.3. The summed E-state index contributed by atoms with van der Waals surface area (Å²) in [4.78, 5) is 41.8. The lowest BCUT2D eigenvalue weighted by Crippen LogP contribution is -2.28. The van der Waals surface area contributed by atoms with Gasteiger partial charge >= 0.3 is 11.7 Å². The van der Waals surface area contributed by atoms with Crippen molar-refractivity contribution in [3.05, 3.63) is 26.7 Å². The first kappa shape index (κ1) is 14.0. The molecule has 0 aliphatic rings. The molecule has 20 heavy (non-hydrogen) atoms. The second-order valence-corrected chi connectivity index (χ2v) is 4.25. The molecule has 0 aromatic carbocycles. The SMILES string of the molecule is Cn1c(=O)[nH]c(=O)c2[nH]c(C(O)C(O)CC(=O)O)nc21. The maximum atomic E-state index is 11.6. The highest BCUT2D eigenvalue weighted by Gasteiger charge is 2.25. The largest absolute Gasteiger partial charge is 0.481 e. The van der Waals surface area contributed by atoms with Crippen molar-refractivity contribution in [2.24, 2.45) is 7.05 Å². The molecule has 0 radical (unpaired) electrons. The Kier molecular flexibility index (Phi) is 3.42. The molecule has 2 aromatic rings. The number of nitrogens with zero attached hydrogens (tertiary/aromatic N) is 2. The summed E-state index contributed by atoms with van der Waals surface area (Å²) in [5, 5.41) is 27.8.